The Labute approximate surface area is 106 Å². The molecule has 0 bridgehead atoms. The van der Waals surface area contributed by atoms with Crippen molar-refractivity contribution in [2.45, 2.75) is 33.2 Å². The summed E-state index contributed by atoms with van der Waals surface area (Å²) in [7, 11) is 0. The van der Waals surface area contributed by atoms with Gasteiger partial charge in [-0.25, -0.2) is 0 Å². The van der Waals surface area contributed by atoms with E-state index in [9.17, 15) is 9.59 Å². The van der Waals surface area contributed by atoms with Gasteiger partial charge in [0.25, 0.3) is 0 Å². The number of hydrogen-bond donors (Lipinski definition) is 2. The molecule has 0 aliphatic rings. The van der Waals surface area contributed by atoms with E-state index in [-0.39, 0.29) is 18.7 Å². The minimum atomic E-state index is -0.889. The van der Waals surface area contributed by atoms with Crippen LogP contribution in [0.15, 0.2) is 24.5 Å². The van der Waals surface area contributed by atoms with Crippen LogP contribution in [0.2, 0.25) is 0 Å². The van der Waals surface area contributed by atoms with Gasteiger partial charge in [-0.05, 0) is 17.0 Å². The lowest BCUT2D eigenvalue weighted by Gasteiger charge is -2.21. The van der Waals surface area contributed by atoms with Crippen LogP contribution in [0.25, 0.3) is 0 Å². The molecule has 0 unspecified atom stereocenters. The molecule has 0 aliphatic heterocycles. The number of carbonyl (C=O) groups is 2. The standard InChI is InChI=1S/C13H18N2O3/c1-13(2,7-12(17)18)6-11(16)15-9-10-4-3-5-14-8-10/h3-5,8H,6-7,9H2,1-2H3,(H,15,16)(H,17,18). The van der Waals surface area contributed by atoms with Gasteiger partial charge in [0.15, 0.2) is 0 Å². The van der Waals surface area contributed by atoms with Crippen LogP contribution in [0, 0.1) is 5.41 Å². The van der Waals surface area contributed by atoms with Crippen molar-refractivity contribution < 1.29 is 14.7 Å². The van der Waals surface area contributed by atoms with Crippen LogP contribution in [-0.4, -0.2) is 22.0 Å². The van der Waals surface area contributed by atoms with Gasteiger partial charge >= 0.3 is 5.97 Å². The second-order valence-electron chi connectivity index (χ2n) is 5.05. The molecule has 98 valence electrons. The van der Waals surface area contributed by atoms with E-state index in [0.29, 0.717) is 6.54 Å². The summed E-state index contributed by atoms with van der Waals surface area (Å²) >= 11 is 0. The monoisotopic (exact) mass is 250 g/mol. The Kier molecular flexibility index (Phi) is 4.83. The maximum absolute atomic E-state index is 11.7. The molecule has 0 spiro atoms. The van der Waals surface area contributed by atoms with E-state index in [0.717, 1.165) is 5.56 Å². The number of nitrogens with zero attached hydrogens (tertiary/aromatic N) is 1. The summed E-state index contributed by atoms with van der Waals surface area (Å²) in [5, 5.41) is 11.5. The van der Waals surface area contributed by atoms with E-state index < -0.39 is 11.4 Å². The van der Waals surface area contributed by atoms with Gasteiger partial charge in [-0.1, -0.05) is 19.9 Å². The van der Waals surface area contributed by atoms with Crippen molar-refractivity contribution in [3.05, 3.63) is 30.1 Å². The summed E-state index contributed by atoms with van der Waals surface area (Å²) in [5.74, 6) is -1.04. The summed E-state index contributed by atoms with van der Waals surface area (Å²) < 4.78 is 0. The van der Waals surface area contributed by atoms with Gasteiger partial charge < -0.3 is 10.4 Å². The molecule has 2 N–H and O–H groups in total. The normalized spacial score (nSPS) is 11.0. The van der Waals surface area contributed by atoms with Crippen LogP contribution in [-0.2, 0) is 16.1 Å². The molecule has 5 nitrogen and oxygen atoms in total. The van der Waals surface area contributed by atoms with E-state index in [1.54, 1.807) is 32.3 Å². The third-order valence-corrected chi connectivity index (χ3v) is 2.48. The number of aromatic nitrogens is 1. The number of carbonyl (C=O) groups excluding carboxylic acids is 1. The number of amides is 1. The number of carboxylic acid groups (broad SMARTS) is 1. The zero-order chi connectivity index (χ0) is 13.6. The first kappa shape index (κ1) is 14.2. The Hall–Kier alpha value is -1.91. The minimum Gasteiger partial charge on any atom is -0.481 e. The summed E-state index contributed by atoms with van der Waals surface area (Å²) in [6.45, 7) is 3.95. The minimum absolute atomic E-state index is 0.0205. The maximum atomic E-state index is 11.7. The van der Waals surface area contributed by atoms with Crippen molar-refractivity contribution in [3.63, 3.8) is 0 Å². The average Bonchev–Trinajstić information content (AvgIpc) is 2.25. The van der Waals surface area contributed by atoms with Crippen molar-refractivity contribution in [2.75, 3.05) is 0 Å². The first-order valence-electron chi connectivity index (χ1n) is 5.76. The summed E-state index contributed by atoms with van der Waals surface area (Å²) in [5.41, 5.74) is 0.382. The van der Waals surface area contributed by atoms with E-state index in [4.69, 9.17) is 5.11 Å². The van der Waals surface area contributed by atoms with Crippen LogP contribution in [0.1, 0.15) is 32.3 Å². The molecule has 5 heteroatoms. The Bertz CT molecular complexity index is 416. The number of rotatable bonds is 6. The highest BCUT2D eigenvalue weighted by atomic mass is 16.4. The maximum Gasteiger partial charge on any atom is 0.303 e. The summed E-state index contributed by atoms with van der Waals surface area (Å²) in [4.78, 5) is 26.3. The molecular weight excluding hydrogens is 232 g/mol. The number of pyridine rings is 1. The quantitative estimate of drug-likeness (QED) is 0.803. The number of nitrogens with one attached hydrogen (secondary N) is 1. The molecule has 1 rings (SSSR count). The van der Waals surface area contributed by atoms with E-state index in [1.165, 1.54) is 0 Å². The van der Waals surface area contributed by atoms with Gasteiger partial charge in [0.05, 0.1) is 6.42 Å². The molecule has 1 aromatic heterocycles. The Morgan fingerprint density at radius 1 is 1.39 bits per heavy atom. The van der Waals surface area contributed by atoms with Crippen LogP contribution < -0.4 is 5.32 Å². The topological polar surface area (TPSA) is 79.3 Å². The highest BCUT2D eigenvalue weighted by molar-refractivity contribution is 5.77. The Morgan fingerprint density at radius 3 is 2.67 bits per heavy atom. The molecule has 0 aliphatic carbocycles. The molecule has 0 aromatic carbocycles. The fourth-order valence-electron chi connectivity index (χ4n) is 1.67. The van der Waals surface area contributed by atoms with E-state index in [1.807, 2.05) is 6.07 Å². The summed E-state index contributed by atoms with van der Waals surface area (Å²) in [6, 6.07) is 3.67. The van der Waals surface area contributed by atoms with Crippen molar-refractivity contribution in [1.82, 2.24) is 10.3 Å². The van der Waals surface area contributed by atoms with Crippen molar-refractivity contribution >= 4 is 11.9 Å². The zero-order valence-electron chi connectivity index (χ0n) is 10.6. The number of aliphatic carboxylic acids is 1. The fourth-order valence-corrected chi connectivity index (χ4v) is 1.67. The van der Waals surface area contributed by atoms with Crippen LogP contribution in [0.3, 0.4) is 0 Å². The smallest absolute Gasteiger partial charge is 0.303 e. The largest absolute Gasteiger partial charge is 0.481 e. The summed E-state index contributed by atoms with van der Waals surface area (Å²) in [6.07, 6.45) is 3.52. The Morgan fingerprint density at radius 2 is 2.11 bits per heavy atom. The fraction of sp³-hybridized carbons (Fsp3) is 0.462. The average molecular weight is 250 g/mol. The predicted molar refractivity (Wildman–Crippen MR) is 66.7 cm³/mol. The molecular formula is C13H18N2O3. The van der Waals surface area contributed by atoms with E-state index in [2.05, 4.69) is 10.3 Å². The van der Waals surface area contributed by atoms with Crippen LogP contribution >= 0.6 is 0 Å². The predicted octanol–water partition coefficient (Wildman–Crippen LogP) is 1.59. The van der Waals surface area contributed by atoms with Gasteiger partial charge in [0.2, 0.25) is 5.91 Å². The molecule has 0 saturated heterocycles. The second kappa shape index (κ2) is 6.14. The lowest BCUT2D eigenvalue weighted by molar-refractivity contribution is -0.139. The van der Waals surface area contributed by atoms with Crippen molar-refractivity contribution in [1.29, 1.82) is 0 Å². The molecule has 1 heterocycles. The van der Waals surface area contributed by atoms with Crippen LogP contribution in [0.5, 0.6) is 0 Å². The van der Waals surface area contributed by atoms with Gasteiger partial charge in [0.1, 0.15) is 0 Å². The lowest BCUT2D eigenvalue weighted by atomic mass is 9.85. The van der Waals surface area contributed by atoms with Crippen LogP contribution in [0.4, 0.5) is 0 Å². The highest BCUT2D eigenvalue weighted by Crippen LogP contribution is 2.24. The van der Waals surface area contributed by atoms with Gasteiger partial charge in [-0.2, -0.15) is 0 Å². The van der Waals surface area contributed by atoms with Gasteiger partial charge in [0, 0.05) is 25.4 Å². The molecule has 0 saturated carbocycles. The number of hydrogen-bond acceptors (Lipinski definition) is 3. The zero-order valence-corrected chi connectivity index (χ0v) is 10.6. The molecule has 0 fully saturated rings. The molecule has 18 heavy (non-hydrogen) atoms. The number of carboxylic acids is 1. The van der Waals surface area contributed by atoms with Gasteiger partial charge in [-0.3, -0.25) is 14.6 Å². The SMILES string of the molecule is CC(C)(CC(=O)O)CC(=O)NCc1cccnc1. The molecule has 1 amide bonds. The third-order valence-electron chi connectivity index (χ3n) is 2.48. The lowest BCUT2D eigenvalue weighted by Crippen LogP contribution is -2.29. The molecule has 0 radical (unpaired) electrons. The highest BCUT2D eigenvalue weighted by Gasteiger charge is 2.24. The van der Waals surface area contributed by atoms with Gasteiger partial charge in [-0.15, -0.1) is 0 Å². The Balaban J connectivity index is 2.40. The first-order chi connectivity index (χ1) is 8.39. The first-order valence-corrected chi connectivity index (χ1v) is 5.76. The van der Waals surface area contributed by atoms with Crippen molar-refractivity contribution in [3.8, 4) is 0 Å². The van der Waals surface area contributed by atoms with Crippen molar-refractivity contribution in [2.24, 2.45) is 5.41 Å². The molecule has 1 aromatic rings. The molecule has 0 atom stereocenters. The third kappa shape index (κ3) is 5.43. The van der Waals surface area contributed by atoms with E-state index >= 15 is 0 Å². The second-order valence-corrected chi connectivity index (χ2v) is 5.05.